The molecule has 0 aliphatic heterocycles. The maximum absolute atomic E-state index is 5.45. The summed E-state index contributed by atoms with van der Waals surface area (Å²) in [6.45, 7) is 0.899. The number of hydrazine groups is 1. The van der Waals surface area contributed by atoms with Crippen molar-refractivity contribution in [2.75, 3.05) is 13.7 Å². The van der Waals surface area contributed by atoms with Crippen LogP contribution in [0.4, 0.5) is 0 Å². The summed E-state index contributed by atoms with van der Waals surface area (Å²) in [7, 11) is 1.76. The number of rotatable bonds is 5. The topological polar surface area (TPSA) is 47.3 Å². The molecule has 1 aromatic rings. The summed E-state index contributed by atoms with van der Waals surface area (Å²) >= 11 is 0. The van der Waals surface area contributed by atoms with Crippen LogP contribution in [0, 0.1) is 0 Å². The summed E-state index contributed by atoms with van der Waals surface area (Å²) in [5, 5.41) is 0. The summed E-state index contributed by atoms with van der Waals surface area (Å²) in [5.74, 6) is 7.06. The summed E-state index contributed by atoms with van der Waals surface area (Å²) in [6, 6.07) is 6.44. The molecule has 0 heterocycles. The van der Waals surface area contributed by atoms with Gasteiger partial charge < -0.3 is 4.74 Å². The zero-order chi connectivity index (χ0) is 12.1. The van der Waals surface area contributed by atoms with Crippen molar-refractivity contribution in [3.8, 4) is 5.75 Å². The first-order valence-corrected chi connectivity index (χ1v) is 6.46. The fraction of sp³-hybridized carbons (Fsp3) is 0.571. The van der Waals surface area contributed by atoms with Crippen molar-refractivity contribution in [2.24, 2.45) is 5.84 Å². The highest BCUT2D eigenvalue weighted by atomic mass is 16.5. The average molecular weight is 234 g/mol. The first-order chi connectivity index (χ1) is 8.36. The number of methoxy groups -OCH3 is 1. The molecule has 1 atom stereocenters. The van der Waals surface area contributed by atoms with E-state index < -0.39 is 0 Å². The van der Waals surface area contributed by atoms with E-state index in [2.05, 4.69) is 23.6 Å². The van der Waals surface area contributed by atoms with Gasteiger partial charge in [0.1, 0.15) is 5.75 Å². The van der Waals surface area contributed by atoms with Gasteiger partial charge >= 0.3 is 0 Å². The maximum atomic E-state index is 5.45. The maximum Gasteiger partial charge on any atom is 0.122 e. The molecule has 1 unspecified atom stereocenters. The lowest BCUT2D eigenvalue weighted by Gasteiger charge is -2.26. The van der Waals surface area contributed by atoms with Gasteiger partial charge in [-0.15, -0.1) is 0 Å². The van der Waals surface area contributed by atoms with Crippen LogP contribution >= 0.6 is 0 Å². The third-order valence-corrected chi connectivity index (χ3v) is 3.68. The summed E-state index contributed by atoms with van der Waals surface area (Å²) in [6.07, 6.45) is 6.08. The molecule has 0 saturated heterocycles. The van der Waals surface area contributed by atoms with Gasteiger partial charge in [-0.25, -0.2) is 0 Å². The molecule has 0 radical (unpaired) electrons. The summed E-state index contributed by atoms with van der Waals surface area (Å²) < 4.78 is 5.45. The fourth-order valence-electron chi connectivity index (χ4n) is 2.85. The minimum Gasteiger partial charge on any atom is -0.496 e. The van der Waals surface area contributed by atoms with Gasteiger partial charge in [0.15, 0.2) is 0 Å². The molecule has 3 N–H and O–H groups in total. The second kappa shape index (κ2) is 6.03. The number of hydrogen-bond acceptors (Lipinski definition) is 3. The van der Waals surface area contributed by atoms with Crippen LogP contribution in [0.3, 0.4) is 0 Å². The van der Waals surface area contributed by atoms with Gasteiger partial charge in [-0.2, -0.15) is 0 Å². The molecule has 94 valence electrons. The van der Waals surface area contributed by atoms with Crippen LogP contribution in [-0.4, -0.2) is 13.7 Å². The molecular formula is C14H22N2O. The molecule has 3 heteroatoms. The molecular weight excluding hydrogens is 212 g/mol. The Labute approximate surface area is 103 Å². The molecule has 3 nitrogen and oxygen atoms in total. The molecule has 0 aromatic heterocycles. The zero-order valence-corrected chi connectivity index (χ0v) is 10.5. The fourth-order valence-corrected chi connectivity index (χ4v) is 2.85. The van der Waals surface area contributed by atoms with Crippen LogP contribution in [0.25, 0.3) is 0 Å². The highest BCUT2D eigenvalue weighted by Gasteiger charge is 2.21. The smallest absolute Gasteiger partial charge is 0.122 e. The molecule has 1 aromatic carbocycles. The van der Waals surface area contributed by atoms with E-state index in [4.69, 9.17) is 10.6 Å². The van der Waals surface area contributed by atoms with Gasteiger partial charge in [0, 0.05) is 6.54 Å². The van der Waals surface area contributed by atoms with E-state index in [0.29, 0.717) is 5.92 Å². The lowest BCUT2D eigenvalue weighted by atomic mass is 9.80. The Bertz CT molecular complexity index is 365. The zero-order valence-electron chi connectivity index (χ0n) is 10.5. The Morgan fingerprint density at radius 1 is 1.47 bits per heavy atom. The van der Waals surface area contributed by atoms with Gasteiger partial charge in [0.05, 0.1) is 7.11 Å². The lowest BCUT2D eigenvalue weighted by molar-refractivity contribution is 0.400. The number of benzene rings is 1. The van der Waals surface area contributed by atoms with Crippen LogP contribution in [-0.2, 0) is 6.42 Å². The minimum atomic E-state index is 0.683. The molecule has 0 amide bonds. The molecule has 1 aliphatic carbocycles. The second-order valence-electron chi connectivity index (χ2n) is 4.71. The molecule has 0 saturated carbocycles. The van der Waals surface area contributed by atoms with E-state index >= 15 is 0 Å². The predicted octanol–water partition coefficient (Wildman–Crippen LogP) is 2.36. The van der Waals surface area contributed by atoms with Gasteiger partial charge in [-0.05, 0) is 55.2 Å². The second-order valence-corrected chi connectivity index (χ2v) is 4.71. The quantitative estimate of drug-likeness (QED) is 0.467. The van der Waals surface area contributed by atoms with Crippen LogP contribution in [0.1, 0.15) is 42.7 Å². The third kappa shape index (κ3) is 2.79. The van der Waals surface area contributed by atoms with E-state index in [9.17, 15) is 0 Å². The number of fused-ring (bicyclic) bond motifs is 1. The van der Waals surface area contributed by atoms with E-state index in [1.54, 1.807) is 7.11 Å². The highest BCUT2D eigenvalue weighted by molar-refractivity contribution is 5.43. The summed E-state index contributed by atoms with van der Waals surface area (Å²) in [4.78, 5) is 0. The molecule has 0 bridgehead atoms. The van der Waals surface area contributed by atoms with Crippen LogP contribution in [0.15, 0.2) is 18.2 Å². The predicted molar refractivity (Wildman–Crippen MR) is 70.1 cm³/mol. The lowest BCUT2D eigenvalue weighted by Crippen LogP contribution is -2.23. The Kier molecular flexibility index (Phi) is 4.40. The molecule has 0 fully saturated rings. The van der Waals surface area contributed by atoms with Gasteiger partial charge in [-0.1, -0.05) is 12.1 Å². The van der Waals surface area contributed by atoms with Gasteiger partial charge in [-0.3, -0.25) is 11.3 Å². The Morgan fingerprint density at radius 2 is 2.35 bits per heavy atom. The van der Waals surface area contributed by atoms with E-state index in [-0.39, 0.29) is 0 Å². The van der Waals surface area contributed by atoms with E-state index in [0.717, 1.165) is 25.1 Å². The SMILES string of the molecule is COc1cccc2c1CCCC2CCCNN. The number of nitrogens with two attached hydrogens (primary N) is 1. The number of ether oxygens (including phenoxy) is 1. The van der Waals surface area contributed by atoms with Crippen molar-refractivity contribution in [1.82, 2.24) is 5.43 Å². The Hall–Kier alpha value is -1.06. The number of hydrogen-bond donors (Lipinski definition) is 2. The largest absolute Gasteiger partial charge is 0.496 e. The monoisotopic (exact) mass is 234 g/mol. The van der Waals surface area contributed by atoms with Crippen molar-refractivity contribution in [3.05, 3.63) is 29.3 Å². The van der Waals surface area contributed by atoms with Crippen LogP contribution in [0.5, 0.6) is 5.75 Å². The number of nitrogens with one attached hydrogen (secondary N) is 1. The molecule has 1 aliphatic rings. The normalized spacial score (nSPS) is 18.8. The van der Waals surface area contributed by atoms with Crippen LogP contribution in [0.2, 0.25) is 0 Å². The van der Waals surface area contributed by atoms with Gasteiger partial charge in [0.2, 0.25) is 0 Å². The molecule has 0 spiro atoms. The van der Waals surface area contributed by atoms with Crippen molar-refractivity contribution in [1.29, 1.82) is 0 Å². The van der Waals surface area contributed by atoms with E-state index in [1.807, 2.05) is 0 Å². The van der Waals surface area contributed by atoms with Crippen molar-refractivity contribution < 1.29 is 4.74 Å². The van der Waals surface area contributed by atoms with Gasteiger partial charge in [0.25, 0.3) is 0 Å². The third-order valence-electron chi connectivity index (χ3n) is 3.68. The van der Waals surface area contributed by atoms with Crippen molar-refractivity contribution in [2.45, 2.75) is 38.0 Å². The van der Waals surface area contributed by atoms with Crippen LogP contribution < -0.4 is 16.0 Å². The van der Waals surface area contributed by atoms with Crippen molar-refractivity contribution in [3.63, 3.8) is 0 Å². The Morgan fingerprint density at radius 3 is 3.12 bits per heavy atom. The highest BCUT2D eigenvalue weighted by Crippen LogP contribution is 2.38. The average Bonchev–Trinajstić information content (AvgIpc) is 2.38. The minimum absolute atomic E-state index is 0.683. The summed E-state index contributed by atoms with van der Waals surface area (Å²) in [5.41, 5.74) is 5.65. The Balaban J connectivity index is 2.13. The standard InChI is InChI=1S/C14H22N2O/c1-17-14-9-3-7-12-11(6-4-10-16-15)5-2-8-13(12)14/h3,7,9,11,16H,2,4-6,8,10,15H2,1H3. The first-order valence-electron chi connectivity index (χ1n) is 6.46. The van der Waals surface area contributed by atoms with E-state index in [1.165, 1.54) is 30.4 Å². The molecule has 2 rings (SSSR count). The first kappa shape index (κ1) is 12.4. The molecule has 17 heavy (non-hydrogen) atoms. The van der Waals surface area contributed by atoms with Crippen molar-refractivity contribution >= 4 is 0 Å².